The van der Waals surface area contributed by atoms with E-state index in [1.165, 1.54) is 31.3 Å². The Morgan fingerprint density at radius 2 is 2.23 bits per heavy atom. The summed E-state index contributed by atoms with van der Waals surface area (Å²) in [4.78, 5) is 52.3. The van der Waals surface area contributed by atoms with Crippen LogP contribution in [0.3, 0.4) is 0 Å². The van der Waals surface area contributed by atoms with Crippen LogP contribution < -0.4 is 5.32 Å². The van der Waals surface area contributed by atoms with Gasteiger partial charge in [-0.15, -0.1) is 11.8 Å². The molecule has 2 atom stereocenters. The van der Waals surface area contributed by atoms with Gasteiger partial charge in [0.1, 0.15) is 24.2 Å². The average molecular weight is 449 g/mol. The molecule has 3 rings (SSSR count). The Labute approximate surface area is 180 Å². The van der Waals surface area contributed by atoms with Gasteiger partial charge in [-0.2, -0.15) is 9.98 Å². The standard InChI is InChI=1S/C17H19N7O6S/c1-5-8-6-31-15-10(14(26)24(15)11(8)16(27)28)19-13(25)9(21-29-4)12-20-17(30-22-12)18-7-23(2)3/h5,7,10,15H,1,6H2,2-4H3,(H,19,25)(H,27,28)/b18-7+,21-9+. The molecule has 0 spiro atoms. The molecule has 2 aliphatic heterocycles. The van der Waals surface area contributed by atoms with Crippen molar-refractivity contribution in [2.24, 2.45) is 10.1 Å². The van der Waals surface area contributed by atoms with Crippen molar-refractivity contribution in [1.29, 1.82) is 0 Å². The third-order valence-corrected chi connectivity index (χ3v) is 5.46. The lowest BCUT2D eigenvalue weighted by Crippen LogP contribution is -2.71. The Bertz CT molecular complexity index is 1010. The Kier molecular flexibility index (Phi) is 6.39. The van der Waals surface area contributed by atoms with Gasteiger partial charge in [-0.05, 0) is 5.57 Å². The number of carboxylic acids is 1. The van der Waals surface area contributed by atoms with Gasteiger partial charge in [0, 0.05) is 19.8 Å². The highest BCUT2D eigenvalue weighted by Gasteiger charge is 2.54. The Hall–Kier alpha value is -3.68. The first-order valence-electron chi connectivity index (χ1n) is 8.78. The number of carbonyl (C=O) groups is 3. The zero-order valence-electron chi connectivity index (χ0n) is 16.8. The fourth-order valence-corrected chi connectivity index (χ4v) is 4.15. The van der Waals surface area contributed by atoms with Crippen molar-refractivity contribution in [1.82, 2.24) is 25.3 Å². The molecule has 3 heterocycles. The molecular formula is C17H19N7O6S. The molecule has 2 N–H and O–H groups in total. The van der Waals surface area contributed by atoms with E-state index in [1.54, 1.807) is 19.0 Å². The summed E-state index contributed by atoms with van der Waals surface area (Å²) in [7, 11) is 4.72. The summed E-state index contributed by atoms with van der Waals surface area (Å²) in [6, 6.07) is -1.07. The predicted octanol–water partition coefficient (Wildman–Crippen LogP) is -0.434. The molecule has 2 unspecified atom stereocenters. The number of oxime groups is 1. The zero-order valence-corrected chi connectivity index (χ0v) is 17.6. The van der Waals surface area contributed by atoms with Crippen molar-refractivity contribution in [2.75, 3.05) is 27.0 Å². The summed E-state index contributed by atoms with van der Waals surface area (Å²) < 4.78 is 4.95. The van der Waals surface area contributed by atoms with Crippen LogP contribution in [-0.2, 0) is 19.2 Å². The van der Waals surface area contributed by atoms with Crippen molar-refractivity contribution in [3.05, 3.63) is 29.7 Å². The zero-order chi connectivity index (χ0) is 22.7. The number of hydrogen-bond donors (Lipinski definition) is 2. The molecule has 164 valence electrons. The quantitative estimate of drug-likeness (QED) is 0.230. The van der Waals surface area contributed by atoms with E-state index >= 15 is 0 Å². The molecule has 1 aromatic heterocycles. The van der Waals surface area contributed by atoms with Crippen LogP contribution >= 0.6 is 11.8 Å². The number of thioether (sulfide) groups is 1. The molecule has 14 heteroatoms. The molecule has 2 aliphatic rings. The molecule has 0 radical (unpaired) electrons. The first-order valence-corrected chi connectivity index (χ1v) is 9.83. The third-order valence-electron chi connectivity index (χ3n) is 4.16. The van der Waals surface area contributed by atoms with E-state index in [0.29, 0.717) is 11.3 Å². The summed E-state index contributed by atoms with van der Waals surface area (Å²) in [6.07, 6.45) is 2.83. The van der Waals surface area contributed by atoms with Crippen LogP contribution in [-0.4, -0.2) is 93.3 Å². The fraction of sp³-hybridized carbons (Fsp3) is 0.353. The third kappa shape index (κ3) is 4.28. The molecule has 0 aromatic carbocycles. The van der Waals surface area contributed by atoms with Crippen molar-refractivity contribution >= 4 is 47.6 Å². The minimum absolute atomic E-state index is 0.109. The number of nitrogens with one attached hydrogen (secondary N) is 1. The maximum absolute atomic E-state index is 12.8. The molecule has 1 saturated heterocycles. The van der Waals surface area contributed by atoms with Gasteiger partial charge in [0.15, 0.2) is 0 Å². The number of aliphatic carboxylic acids is 1. The van der Waals surface area contributed by atoms with E-state index in [1.807, 2.05) is 0 Å². The number of β-lactam (4-membered cyclic amide) rings is 1. The van der Waals surface area contributed by atoms with Crippen LogP contribution in [0.1, 0.15) is 5.82 Å². The molecule has 0 saturated carbocycles. The lowest BCUT2D eigenvalue weighted by molar-refractivity contribution is -0.150. The minimum atomic E-state index is -1.24. The number of hydrogen-bond acceptors (Lipinski definition) is 10. The lowest BCUT2D eigenvalue weighted by Gasteiger charge is -2.49. The van der Waals surface area contributed by atoms with E-state index in [4.69, 9.17) is 9.36 Å². The van der Waals surface area contributed by atoms with Gasteiger partial charge in [-0.3, -0.25) is 14.5 Å². The first-order chi connectivity index (χ1) is 14.8. The Balaban J connectivity index is 1.77. The second-order valence-corrected chi connectivity index (χ2v) is 7.58. The van der Waals surface area contributed by atoms with Gasteiger partial charge in [0.2, 0.25) is 11.5 Å². The van der Waals surface area contributed by atoms with Crippen molar-refractivity contribution < 1.29 is 28.9 Å². The molecule has 0 aliphatic carbocycles. The molecule has 0 bridgehead atoms. The number of allylic oxidation sites excluding steroid dienone is 1. The number of aromatic nitrogens is 2. The number of fused-ring (bicyclic) bond motifs is 1. The van der Waals surface area contributed by atoms with E-state index in [9.17, 15) is 19.5 Å². The van der Waals surface area contributed by atoms with Crippen LogP contribution in [0.4, 0.5) is 6.01 Å². The number of nitrogens with zero attached hydrogens (tertiary/aromatic N) is 6. The number of aliphatic imine (C=N–C) groups is 1. The van der Waals surface area contributed by atoms with Crippen molar-refractivity contribution in [3.63, 3.8) is 0 Å². The lowest BCUT2D eigenvalue weighted by atomic mass is 10.0. The number of carbonyl (C=O) groups excluding carboxylic acids is 2. The summed E-state index contributed by atoms with van der Waals surface area (Å²) in [5.74, 6) is -2.45. The largest absolute Gasteiger partial charge is 0.477 e. The Morgan fingerprint density at radius 1 is 1.48 bits per heavy atom. The average Bonchev–Trinajstić information content (AvgIpc) is 3.21. The van der Waals surface area contributed by atoms with Crippen molar-refractivity contribution in [2.45, 2.75) is 11.4 Å². The highest BCUT2D eigenvalue weighted by molar-refractivity contribution is 8.00. The molecule has 1 aromatic rings. The van der Waals surface area contributed by atoms with Gasteiger partial charge < -0.3 is 24.7 Å². The number of carboxylic acid groups (broad SMARTS) is 1. The molecule has 31 heavy (non-hydrogen) atoms. The first kappa shape index (κ1) is 22.0. The van der Waals surface area contributed by atoms with Crippen LogP contribution in [0, 0.1) is 0 Å². The second kappa shape index (κ2) is 8.99. The summed E-state index contributed by atoms with van der Waals surface area (Å²) >= 11 is 1.31. The molecular weight excluding hydrogens is 430 g/mol. The van der Waals surface area contributed by atoms with E-state index < -0.39 is 29.2 Å². The molecule has 13 nitrogen and oxygen atoms in total. The normalized spacial score (nSPS) is 20.9. The van der Waals surface area contributed by atoms with Crippen LogP contribution in [0.2, 0.25) is 0 Å². The minimum Gasteiger partial charge on any atom is -0.477 e. The summed E-state index contributed by atoms with van der Waals surface area (Å²) in [5, 5.41) is 18.7. The topological polar surface area (TPSA) is 163 Å². The highest BCUT2D eigenvalue weighted by atomic mass is 32.2. The summed E-state index contributed by atoms with van der Waals surface area (Å²) in [6.45, 7) is 3.59. The monoisotopic (exact) mass is 449 g/mol. The number of amides is 2. The highest BCUT2D eigenvalue weighted by Crippen LogP contribution is 2.40. The SMILES string of the molecule is C=CC1=C(C(=O)O)N2C(=O)C(NC(=O)/C(=N/OC)c3noc(/N=C/N(C)C)n3)C2SC1. The predicted molar refractivity (Wildman–Crippen MR) is 110 cm³/mol. The van der Waals surface area contributed by atoms with Crippen molar-refractivity contribution in [3.8, 4) is 0 Å². The van der Waals surface area contributed by atoms with Gasteiger partial charge in [-0.25, -0.2) is 4.79 Å². The second-order valence-electron chi connectivity index (χ2n) is 6.48. The smallest absolute Gasteiger partial charge is 0.352 e. The van der Waals surface area contributed by atoms with Gasteiger partial charge in [0.25, 0.3) is 11.8 Å². The van der Waals surface area contributed by atoms with Gasteiger partial charge in [0.05, 0.1) is 6.34 Å². The maximum atomic E-state index is 12.8. The Morgan fingerprint density at radius 3 is 2.84 bits per heavy atom. The van der Waals surface area contributed by atoms with E-state index in [-0.39, 0.29) is 23.2 Å². The van der Waals surface area contributed by atoms with Crippen LogP contribution in [0.5, 0.6) is 0 Å². The molecule has 2 amide bonds. The van der Waals surface area contributed by atoms with Crippen LogP contribution in [0.25, 0.3) is 0 Å². The molecule has 1 fully saturated rings. The fourth-order valence-electron chi connectivity index (χ4n) is 2.81. The van der Waals surface area contributed by atoms with Gasteiger partial charge in [-0.1, -0.05) is 23.0 Å². The van der Waals surface area contributed by atoms with E-state index in [0.717, 1.165) is 4.90 Å². The van der Waals surface area contributed by atoms with Gasteiger partial charge >= 0.3 is 12.0 Å². The number of rotatable bonds is 8. The summed E-state index contributed by atoms with van der Waals surface area (Å²) in [5.41, 5.74) is -0.0295. The maximum Gasteiger partial charge on any atom is 0.352 e. The van der Waals surface area contributed by atoms with E-state index in [2.05, 4.69) is 32.2 Å². The van der Waals surface area contributed by atoms with Crippen LogP contribution in [0.15, 0.2) is 38.6 Å².